The number of hydrogen-bond donors (Lipinski definition) is 4. The number of carbonyl (C=O) groups excluding carboxylic acids is 1. The van der Waals surface area contributed by atoms with Crippen LogP contribution in [-0.2, 0) is 25.6 Å². The molecule has 132 valence electrons. The number of hydrogen-bond acceptors (Lipinski definition) is 7. The molecule has 0 saturated carbocycles. The summed E-state index contributed by atoms with van der Waals surface area (Å²) in [5.41, 5.74) is 0.352. The molecule has 1 rings (SSSR count). The molecule has 1 aromatic heterocycles. The number of nitrogens with zero attached hydrogens (tertiary/aromatic N) is 3. The second-order valence-electron chi connectivity index (χ2n) is 4.74. The first-order chi connectivity index (χ1) is 10.8. The molecule has 0 radical (unpaired) electrons. The van der Waals surface area contributed by atoms with E-state index in [4.69, 9.17) is 0 Å². The molecule has 0 atom stereocenters. The van der Waals surface area contributed by atoms with E-state index in [0.29, 0.717) is 12.2 Å². The average Bonchev–Trinajstić information content (AvgIpc) is 2.56. The van der Waals surface area contributed by atoms with Gasteiger partial charge >= 0.3 is 20.1 Å². The standard InChI is InChI=1S/C14H25N5OS2.O.Tc/c20-14(13-12-16-3-4-17-13)18-2-1-7-19(9-11-22)8-5-15-6-10-21;;/h3-4,12,15,21-22H,1-2,5-11H2,(H,18,20);;/q;-2;+7/i;;1+1. The average molecular weight is 458 g/mol. The van der Waals surface area contributed by atoms with Crippen molar-refractivity contribution in [2.75, 3.05) is 50.8 Å². The third-order valence-corrected chi connectivity index (χ3v) is 3.47. The van der Waals surface area contributed by atoms with Crippen molar-refractivity contribution in [2.24, 2.45) is 0 Å². The summed E-state index contributed by atoms with van der Waals surface area (Å²) in [6.07, 6.45) is 5.43. The van der Waals surface area contributed by atoms with Gasteiger partial charge in [0.15, 0.2) is 0 Å². The second kappa shape index (κ2) is 17.6. The van der Waals surface area contributed by atoms with Crippen molar-refractivity contribution in [3.63, 3.8) is 0 Å². The van der Waals surface area contributed by atoms with Gasteiger partial charge in [0.1, 0.15) is 5.69 Å². The Kier molecular flexibility index (Phi) is 19.1. The molecule has 0 aliphatic rings. The van der Waals surface area contributed by atoms with Crippen molar-refractivity contribution in [1.82, 2.24) is 25.5 Å². The number of rotatable bonds is 12. The van der Waals surface area contributed by atoms with Crippen LogP contribution in [0.5, 0.6) is 0 Å². The van der Waals surface area contributed by atoms with Crippen LogP contribution in [0.4, 0.5) is 0 Å². The van der Waals surface area contributed by atoms with E-state index in [9.17, 15) is 4.79 Å². The van der Waals surface area contributed by atoms with E-state index in [1.807, 2.05) is 0 Å². The smallest absolute Gasteiger partial charge is 2.00 e. The summed E-state index contributed by atoms with van der Waals surface area (Å²) in [4.78, 5) is 22.0. The maximum Gasteiger partial charge on any atom is 7.00 e. The van der Waals surface area contributed by atoms with Gasteiger partial charge in [-0.15, -0.1) is 0 Å². The van der Waals surface area contributed by atoms with Gasteiger partial charge in [0.2, 0.25) is 0 Å². The molecular weight excluding hydrogens is 433 g/mol. The minimum absolute atomic E-state index is 0. The summed E-state index contributed by atoms with van der Waals surface area (Å²) >= 11 is 8.46. The number of thiol groups is 2. The predicted molar refractivity (Wildman–Crippen MR) is 96.7 cm³/mol. The van der Waals surface area contributed by atoms with E-state index in [0.717, 1.165) is 50.7 Å². The molecule has 0 aliphatic carbocycles. The van der Waals surface area contributed by atoms with Crippen LogP contribution in [0.15, 0.2) is 18.6 Å². The molecule has 0 unspecified atom stereocenters. The zero-order valence-corrected chi connectivity index (χ0v) is 17.2. The van der Waals surface area contributed by atoms with Crippen LogP contribution >= 0.6 is 25.3 Å². The quantitative estimate of drug-likeness (QED) is 0.266. The van der Waals surface area contributed by atoms with Gasteiger partial charge in [0.25, 0.3) is 5.91 Å². The second-order valence-corrected chi connectivity index (χ2v) is 5.63. The van der Waals surface area contributed by atoms with Gasteiger partial charge in [0.05, 0.1) is 6.20 Å². The summed E-state index contributed by atoms with van der Waals surface area (Å²) in [5.74, 6) is 1.50. The van der Waals surface area contributed by atoms with Crippen molar-refractivity contribution < 1.29 is 30.4 Å². The van der Waals surface area contributed by atoms with Crippen LogP contribution < -0.4 is 10.6 Å². The molecule has 1 heterocycles. The van der Waals surface area contributed by atoms with Crippen molar-refractivity contribution >= 4 is 31.2 Å². The molecule has 0 aromatic carbocycles. The summed E-state index contributed by atoms with van der Waals surface area (Å²) in [6, 6.07) is 0. The Hall–Kier alpha value is -0.221. The molecular formula is C14H25N5O2S2Tc+5. The summed E-state index contributed by atoms with van der Waals surface area (Å²) in [7, 11) is 0. The zero-order chi connectivity index (χ0) is 16.0. The van der Waals surface area contributed by atoms with Crippen LogP contribution in [-0.4, -0.2) is 71.5 Å². The first kappa shape index (κ1) is 26.0. The molecule has 0 fully saturated rings. The van der Waals surface area contributed by atoms with E-state index in [1.54, 1.807) is 6.20 Å². The molecule has 10 heteroatoms. The Balaban J connectivity index is 0. The Morgan fingerprint density at radius 3 is 2.50 bits per heavy atom. The zero-order valence-electron chi connectivity index (χ0n) is 13.5. The summed E-state index contributed by atoms with van der Waals surface area (Å²) in [6.45, 7) is 5.36. The normalized spacial score (nSPS) is 9.96. The summed E-state index contributed by atoms with van der Waals surface area (Å²) < 4.78 is 0. The van der Waals surface area contributed by atoms with E-state index in [1.165, 1.54) is 12.4 Å². The number of amides is 1. The molecule has 0 saturated heterocycles. The molecule has 1 aromatic rings. The topological polar surface area (TPSA) is 98.7 Å². The van der Waals surface area contributed by atoms with Crippen molar-refractivity contribution in [1.29, 1.82) is 0 Å². The summed E-state index contributed by atoms with van der Waals surface area (Å²) in [5, 5.41) is 6.19. The SMILES string of the molecule is O=C(NCCCN(CCS)CCNCCS)c1cnccn1.[99Tc+7].[O-2]. The Labute approximate surface area is 168 Å². The van der Waals surface area contributed by atoms with Crippen molar-refractivity contribution in [3.05, 3.63) is 24.3 Å². The first-order valence-corrected chi connectivity index (χ1v) is 8.73. The first-order valence-electron chi connectivity index (χ1n) is 7.47. The van der Waals surface area contributed by atoms with Gasteiger partial charge in [-0.3, -0.25) is 9.78 Å². The Morgan fingerprint density at radius 2 is 1.88 bits per heavy atom. The molecule has 24 heavy (non-hydrogen) atoms. The number of nitrogens with one attached hydrogen (secondary N) is 2. The largest absolute Gasteiger partial charge is 7.00 e. The van der Waals surface area contributed by atoms with E-state index < -0.39 is 0 Å². The minimum atomic E-state index is -0.177. The fourth-order valence-corrected chi connectivity index (χ4v) is 2.37. The third-order valence-electron chi connectivity index (χ3n) is 3.04. The fraction of sp³-hybridized carbons (Fsp3) is 0.643. The molecule has 1 amide bonds. The maximum atomic E-state index is 11.8. The van der Waals surface area contributed by atoms with Crippen LogP contribution in [0.3, 0.4) is 0 Å². The monoisotopic (exact) mass is 458 g/mol. The van der Waals surface area contributed by atoms with Crippen LogP contribution in [0.2, 0.25) is 0 Å². The van der Waals surface area contributed by atoms with Gasteiger partial charge in [0, 0.05) is 56.6 Å². The molecule has 0 bridgehead atoms. The Morgan fingerprint density at radius 1 is 1.08 bits per heavy atom. The van der Waals surface area contributed by atoms with Gasteiger partial charge in [-0.2, -0.15) is 25.3 Å². The fourth-order valence-electron chi connectivity index (χ4n) is 1.93. The van der Waals surface area contributed by atoms with Crippen molar-refractivity contribution in [3.8, 4) is 0 Å². The van der Waals surface area contributed by atoms with E-state index in [2.05, 4.69) is 50.8 Å². The maximum absolute atomic E-state index is 11.8. The van der Waals surface area contributed by atoms with E-state index >= 15 is 0 Å². The van der Waals surface area contributed by atoms with Gasteiger partial charge in [-0.1, -0.05) is 0 Å². The number of aromatic nitrogens is 2. The molecule has 2 N–H and O–H groups in total. The van der Waals surface area contributed by atoms with Crippen LogP contribution in [0.25, 0.3) is 0 Å². The van der Waals surface area contributed by atoms with Gasteiger partial charge in [-0.05, 0) is 13.0 Å². The van der Waals surface area contributed by atoms with Crippen LogP contribution in [0, 0.1) is 0 Å². The minimum Gasteiger partial charge on any atom is -2.00 e. The van der Waals surface area contributed by atoms with Gasteiger partial charge in [-0.25, -0.2) is 4.98 Å². The van der Waals surface area contributed by atoms with Gasteiger partial charge < -0.3 is 21.0 Å². The predicted octanol–water partition coefficient (Wildman–Crippen LogP) is 0.226. The van der Waals surface area contributed by atoms with Crippen molar-refractivity contribution in [2.45, 2.75) is 6.42 Å². The number of carbonyl (C=O) groups is 1. The molecule has 0 aliphatic heterocycles. The third kappa shape index (κ3) is 12.2. The molecule has 0 spiro atoms. The Bertz CT molecular complexity index is 417. The van der Waals surface area contributed by atoms with Crippen LogP contribution in [0.1, 0.15) is 16.9 Å². The van der Waals surface area contributed by atoms with E-state index in [-0.39, 0.29) is 31.5 Å². The molecule has 7 nitrogen and oxygen atoms in total.